The summed E-state index contributed by atoms with van der Waals surface area (Å²) in [6.45, 7) is 3.52. The Bertz CT molecular complexity index is 1590. The molecule has 1 saturated heterocycles. The number of ether oxygens (including phenoxy) is 3. The van der Waals surface area contributed by atoms with E-state index in [4.69, 9.17) is 20.1 Å². The van der Waals surface area contributed by atoms with Gasteiger partial charge in [-0.05, 0) is 62.9 Å². The van der Waals surface area contributed by atoms with Gasteiger partial charge in [0.2, 0.25) is 0 Å². The molecule has 1 unspecified atom stereocenters. The molecule has 1 aliphatic rings. The van der Waals surface area contributed by atoms with Crippen molar-refractivity contribution in [1.29, 1.82) is 0 Å². The highest BCUT2D eigenvalue weighted by Crippen LogP contribution is 2.33. The van der Waals surface area contributed by atoms with E-state index in [1.54, 1.807) is 67.9 Å². The van der Waals surface area contributed by atoms with Crippen LogP contribution < -0.4 is 31.0 Å². The Morgan fingerprint density at radius 1 is 1.12 bits per heavy atom. The second-order valence-corrected chi connectivity index (χ2v) is 9.45. The van der Waals surface area contributed by atoms with E-state index < -0.39 is 17.6 Å². The number of methoxy groups -OCH3 is 1. The maximum Gasteiger partial charge on any atom is 0.277 e. The zero-order valence-corrected chi connectivity index (χ0v) is 24.2. The van der Waals surface area contributed by atoms with Gasteiger partial charge in [0.05, 0.1) is 24.4 Å². The van der Waals surface area contributed by atoms with E-state index in [9.17, 15) is 14.0 Å². The van der Waals surface area contributed by atoms with Crippen LogP contribution in [0.15, 0.2) is 90.6 Å². The summed E-state index contributed by atoms with van der Waals surface area (Å²) in [7, 11) is 3.50. The molecule has 2 heterocycles. The number of hydrazine groups is 1. The van der Waals surface area contributed by atoms with E-state index in [1.165, 1.54) is 31.6 Å². The van der Waals surface area contributed by atoms with Crippen LogP contribution in [0.1, 0.15) is 13.3 Å². The third-order valence-corrected chi connectivity index (χ3v) is 6.56. The molecule has 224 valence electrons. The van der Waals surface area contributed by atoms with Crippen LogP contribution in [-0.2, 0) is 14.3 Å². The van der Waals surface area contributed by atoms with Crippen LogP contribution in [0.5, 0.6) is 17.2 Å². The number of benzene rings is 3. The predicted octanol–water partition coefficient (Wildman–Crippen LogP) is 4.96. The summed E-state index contributed by atoms with van der Waals surface area (Å²) in [5, 5.41) is 7.05. The number of nitrogens with zero attached hydrogens (tertiary/aromatic N) is 2. The summed E-state index contributed by atoms with van der Waals surface area (Å²) < 4.78 is 31.1. The summed E-state index contributed by atoms with van der Waals surface area (Å²) in [4.78, 5) is 29.8. The van der Waals surface area contributed by atoms with Crippen molar-refractivity contribution in [3.63, 3.8) is 0 Å². The number of amides is 2. The van der Waals surface area contributed by atoms with Gasteiger partial charge in [-0.15, -0.1) is 0 Å². The quantitative estimate of drug-likeness (QED) is 0.0626. The minimum Gasteiger partial charge on any atom is -0.497 e. The number of nitrogens with two attached hydrogens (primary N) is 1. The molecule has 0 radical (unpaired) electrons. The Labute approximate surface area is 249 Å². The number of fused-ring (bicyclic) bond motifs is 1. The zero-order chi connectivity index (χ0) is 30.8. The highest BCUT2D eigenvalue weighted by Gasteiger charge is 2.24. The summed E-state index contributed by atoms with van der Waals surface area (Å²) in [6.07, 6.45) is 4.64. The topological polar surface area (TPSA) is 128 Å². The van der Waals surface area contributed by atoms with E-state index in [0.29, 0.717) is 39.2 Å². The number of carbonyl (C=O) groups excluding carboxylic acids is 2. The van der Waals surface area contributed by atoms with Gasteiger partial charge in [0.25, 0.3) is 11.8 Å². The first-order chi connectivity index (χ1) is 20.8. The van der Waals surface area contributed by atoms with Gasteiger partial charge >= 0.3 is 0 Å². The fourth-order valence-electron chi connectivity index (χ4n) is 4.15. The molecule has 5 rings (SSSR count). The van der Waals surface area contributed by atoms with Crippen molar-refractivity contribution in [1.82, 2.24) is 10.3 Å². The van der Waals surface area contributed by atoms with Crippen LogP contribution in [-0.4, -0.2) is 50.2 Å². The molecule has 1 aromatic heterocycles. The molecule has 10 nitrogen and oxygen atoms in total. The standard InChI is InChI=1S/C27H23FN4O4.C5H11NO/c1-3-20(26(33)31-17-7-5-4-6-8-17)27(34)32(29)18-9-12-25(22(28)15-18)36-24-13-14-30-23-16-19(35-2)10-11-21(23)24;1-6-4-5-2-3-7-5/h3-16H,29H2,1-2H3,(H,31,33);5-6H,2-4H2,1H3/b20-3-;. The van der Waals surface area contributed by atoms with Gasteiger partial charge in [-0.25, -0.2) is 15.2 Å². The molecule has 4 aromatic rings. The first-order valence-corrected chi connectivity index (χ1v) is 13.6. The van der Waals surface area contributed by atoms with Crippen molar-refractivity contribution in [3.8, 4) is 17.2 Å². The average Bonchev–Trinajstić information content (AvgIpc) is 3.00. The van der Waals surface area contributed by atoms with Crippen LogP contribution in [0.25, 0.3) is 10.9 Å². The molecule has 4 N–H and O–H groups in total. The molecule has 43 heavy (non-hydrogen) atoms. The maximum atomic E-state index is 15.0. The number of nitrogens with one attached hydrogen (secondary N) is 2. The van der Waals surface area contributed by atoms with Gasteiger partial charge < -0.3 is 24.8 Å². The fraction of sp³-hybridized carbons (Fsp3) is 0.219. The smallest absolute Gasteiger partial charge is 0.277 e. The minimum absolute atomic E-state index is 0.0426. The first kappa shape index (κ1) is 31.1. The predicted molar refractivity (Wildman–Crippen MR) is 164 cm³/mol. The van der Waals surface area contributed by atoms with Gasteiger partial charge in [-0.1, -0.05) is 24.3 Å². The number of carbonyl (C=O) groups is 2. The Hall–Kier alpha value is -4.84. The third kappa shape index (κ3) is 7.92. The second kappa shape index (κ2) is 14.9. The third-order valence-electron chi connectivity index (χ3n) is 6.56. The number of hydrogen-bond acceptors (Lipinski definition) is 8. The molecule has 1 fully saturated rings. The van der Waals surface area contributed by atoms with Gasteiger partial charge in [0.15, 0.2) is 11.6 Å². The number of hydrogen-bond donors (Lipinski definition) is 3. The number of para-hydroxylation sites is 1. The Morgan fingerprint density at radius 3 is 2.49 bits per heavy atom. The summed E-state index contributed by atoms with van der Waals surface area (Å²) in [5.74, 6) is 4.73. The summed E-state index contributed by atoms with van der Waals surface area (Å²) >= 11 is 0. The van der Waals surface area contributed by atoms with E-state index in [0.717, 1.165) is 19.2 Å². The molecular formula is C32H34FN5O5. The fourth-order valence-corrected chi connectivity index (χ4v) is 4.15. The molecule has 0 saturated carbocycles. The van der Waals surface area contributed by atoms with Gasteiger partial charge in [0, 0.05) is 42.6 Å². The average molecular weight is 588 g/mol. The van der Waals surface area contributed by atoms with Gasteiger partial charge in [0.1, 0.15) is 17.1 Å². The molecule has 1 aliphatic heterocycles. The molecule has 2 amide bonds. The molecular weight excluding hydrogens is 553 g/mol. The minimum atomic E-state index is -0.798. The van der Waals surface area contributed by atoms with Gasteiger partial charge in [-0.2, -0.15) is 0 Å². The Kier molecular flexibility index (Phi) is 10.8. The lowest BCUT2D eigenvalue weighted by molar-refractivity contribution is -0.119. The highest BCUT2D eigenvalue weighted by atomic mass is 19.1. The lowest BCUT2D eigenvalue weighted by Crippen LogP contribution is -2.41. The van der Waals surface area contributed by atoms with Crippen molar-refractivity contribution in [2.75, 3.05) is 37.6 Å². The monoisotopic (exact) mass is 587 g/mol. The molecule has 3 aromatic carbocycles. The Morgan fingerprint density at radius 2 is 1.88 bits per heavy atom. The first-order valence-electron chi connectivity index (χ1n) is 13.6. The lowest BCUT2D eigenvalue weighted by atomic mass is 10.2. The van der Waals surface area contributed by atoms with E-state index in [1.807, 2.05) is 7.05 Å². The molecule has 0 bridgehead atoms. The largest absolute Gasteiger partial charge is 0.497 e. The maximum absolute atomic E-state index is 15.0. The SMILES string of the molecule is C/C=C(/C(=O)Nc1ccccc1)C(=O)N(N)c1ccc(Oc2ccnc3cc(OC)ccc23)c(F)c1.CNCC1CCO1. The van der Waals surface area contributed by atoms with E-state index in [-0.39, 0.29) is 17.0 Å². The molecule has 11 heteroatoms. The van der Waals surface area contributed by atoms with E-state index >= 15 is 0 Å². The van der Waals surface area contributed by atoms with Gasteiger partial charge in [-0.3, -0.25) is 14.6 Å². The lowest BCUT2D eigenvalue weighted by Gasteiger charge is -2.25. The molecule has 0 spiro atoms. The zero-order valence-electron chi connectivity index (χ0n) is 24.2. The Balaban J connectivity index is 0.000000530. The summed E-state index contributed by atoms with van der Waals surface area (Å²) in [5.41, 5.74) is 0.991. The van der Waals surface area contributed by atoms with Crippen molar-refractivity contribution < 1.29 is 28.2 Å². The number of pyridine rings is 1. The van der Waals surface area contributed by atoms with Crippen molar-refractivity contribution in [2.24, 2.45) is 5.84 Å². The normalized spacial score (nSPS) is 14.2. The molecule has 1 atom stereocenters. The summed E-state index contributed by atoms with van der Waals surface area (Å²) in [6, 6.07) is 19.4. The second-order valence-electron chi connectivity index (χ2n) is 9.45. The number of halogens is 1. The number of rotatable bonds is 9. The van der Waals surface area contributed by atoms with Crippen LogP contribution in [0.4, 0.5) is 15.8 Å². The van der Waals surface area contributed by atoms with Crippen molar-refractivity contribution in [2.45, 2.75) is 19.4 Å². The number of anilines is 2. The van der Waals surface area contributed by atoms with Crippen LogP contribution in [0, 0.1) is 5.82 Å². The van der Waals surface area contributed by atoms with E-state index in [2.05, 4.69) is 15.6 Å². The van der Waals surface area contributed by atoms with Crippen molar-refractivity contribution in [3.05, 3.63) is 96.5 Å². The van der Waals surface area contributed by atoms with Crippen LogP contribution >= 0.6 is 0 Å². The number of likely N-dealkylation sites (N-methyl/N-ethyl adjacent to an activating group) is 1. The van der Waals surface area contributed by atoms with Crippen molar-refractivity contribution >= 4 is 34.1 Å². The number of aromatic nitrogens is 1. The van der Waals surface area contributed by atoms with Crippen LogP contribution in [0.3, 0.4) is 0 Å². The van der Waals surface area contributed by atoms with Crippen LogP contribution in [0.2, 0.25) is 0 Å². The molecule has 0 aliphatic carbocycles. The highest BCUT2D eigenvalue weighted by molar-refractivity contribution is 6.26. The number of allylic oxidation sites excluding steroid dienone is 1.